The number of aryl methyl sites for hydroxylation is 1. The molecule has 1 aromatic rings. The summed E-state index contributed by atoms with van der Waals surface area (Å²) in [5.41, 5.74) is 1.32. The van der Waals surface area contributed by atoms with Crippen molar-refractivity contribution >= 4 is 16.1 Å². The first-order valence-electron chi connectivity index (χ1n) is 4.44. The van der Waals surface area contributed by atoms with Crippen LogP contribution >= 0.6 is 0 Å². The van der Waals surface area contributed by atoms with Gasteiger partial charge in [-0.1, -0.05) is 6.07 Å². The zero-order valence-electron chi connectivity index (χ0n) is 7.56. The van der Waals surface area contributed by atoms with Gasteiger partial charge in [0.2, 0.25) is 0 Å². The minimum absolute atomic E-state index is 0.223. The molecule has 0 atom stereocenters. The summed E-state index contributed by atoms with van der Waals surface area (Å²) < 4.78 is 23.2. The van der Waals surface area contributed by atoms with E-state index in [1.165, 1.54) is 6.07 Å². The van der Waals surface area contributed by atoms with Gasteiger partial charge in [-0.15, -0.1) is 0 Å². The maximum atomic E-state index is 11.6. The van der Waals surface area contributed by atoms with Crippen molar-refractivity contribution in [1.82, 2.24) is 0 Å². The van der Waals surface area contributed by atoms with Crippen LogP contribution < -0.4 is 0 Å². The standard InChI is InChI=1S/C10H10O3S/c11-7-8-3-4-10-9(6-8)2-1-5-14(10,12)13/h3-4,6-7H,1-2,5H2. The molecule has 0 aliphatic carbocycles. The summed E-state index contributed by atoms with van der Waals surface area (Å²) in [5.74, 6) is 0.223. The number of hydrogen-bond acceptors (Lipinski definition) is 3. The molecule has 3 nitrogen and oxygen atoms in total. The first-order valence-corrected chi connectivity index (χ1v) is 6.09. The van der Waals surface area contributed by atoms with Crippen LogP contribution in [0.1, 0.15) is 22.3 Å². The van der Waals surface area contributed by atoms with Crippen LogP contribution in [0.4, 0.5) is 0 Å². The smallest absolute Gasteiger partial charge is 0.178 e. The van der Waals surface area contributed by atoms with Gasteiger partial charge in [-0.3, -0.25) is 4.79 Å². The Morgan fingerprint density at radius 1 is 1.29 bits per heavy atom. The van der Waals surface area contributed by atoms with Gasteiger partial charge in [0.1, 0.15) is 6.29 Å². The monoisotopic (exact) mass is 210 g/mol. The predicted molar refractivity (Wildman–Crippen MR) is 52.2 cm³/mol. The minimum Gasteiger partial charge on any atom is -0.298 e. The van der Waals surface area contributed by atoms with Crippen molar-refractivity contribution in [2.24, 2.45) is 0 Å². The first kappa shape index (κ1) is 9.40. The zero-order chi connectivity index (χ0) is 10.2. The first-order chi connectivity index (χ1) is 6.63. The number of benzene rings is 1. The molecule has 0 saturated heterocycles. The Morgan fingerprint density at radius 2 is 2.07 bits per heavy atom. The molecule has 1 aliphatic heterocycles. The van der Waals surface area contributed by atoms with Crippen LogP contribution in [0.2, 0.25) is 0 Å². The van der Waals surface area contributed by atoms with Crippen LogP contribution in [0.25, 0.3) is 0 Å². The second-order valence-corrected chi connectivity index (χ2v) is 5.49. The quantitative estimate of drug-likeness (QED) is 0.655. The van der Waals surface area contributed by atoms with E-state index in [4.69, 9.17) is 0 Å². The van der Waals surface area contributed by atoms with E-state index in [2.05, 4.69) is 0 Å². The molecule has 0 radical (unpaired) electrons. The molecule has 0 amide bonds. The summed E-state index contributed by atoms with van der Waals surface area (Å²) in [6, 6.07) is 4.75. The number of sulfone groups is 1. The summed E-state index contributed by atoms with van der Waals surface area (Å²) in [5, 5.41) is 0. The van der Waals surface area contributed by atoms with Gasteiger partial charge in [0, 0.05) is 5.56 Å². The number of carbonyl (C=O) groups excluding carboxylic acids is 1. The van der Waals surface area contributed by atoms with Crippen molar-refractivity contribution in [2.45, 2.75) is 17.7 Å². The van der Waals surface area contributed by atoms with Crippen molar-refractivity contribution in [3.8, 4) is 0 Å². The number of fused-ring (bicyclic) bond motifs is 1. The lowest BCUT2D eigenvalue weighted by atomic mass is 10.1. The lowest BCUT2D eigenvalue weighted by Gasteiger charge is -2.15. The molecule has 4 heteroatoms. The molecule has 14 heavy (non-hydrogen) atoms. The highest BCUT2D eigenvalue weighted by molar-refractivity contribution is 7.91. The molecular weight excluding hydrogens is 200 g/mol. The molecule has 0 aromatic heterocycles. The van der Waals surface area contributed by atoms with E-state index >= 15 is 0 Å². The molecule has 1 aromatic carbocycles. The van der Waals surface area contributed by atoms with E-state index in [9.17, 15) is 13.2 Å². The van der Waals surface area contributed by atoms with Gasteiger partial charge in [0.25, 0.3) is 0 Å². The third-order valence-corrected chi connectivity index (χ3v) is 4.31. The second kappa shape index (κ2) is 3.20. The van der Waals surface area contributed by atoms with Crippen LogP contribution in [0.5, 0.6) is 0 Å². The second-order valence-electron chi connectivity index (χ2n) is 3.41. The summed E-state index contributed by atoms with van der Waals surface area (Å²) >= 11 is 0. The Labute approximate surface area is 82.7 Å². The Kier molecular flexibility index (Phi) is 2.15. The van der Waals surface area contributed by atoms with Crippen molar-refractivity contribution in [2.75, 3.05) is 5.75 Å². The van der Waals surface area contributed by atoms with Crippen LogP contribution in [0, 0.1) is 0 Å². The summed E-state index contributed by atoms with van der Waals surface area (Å²) in [6.07, 6.45) is 2.13. The van der Waals surface area contributed by atoms with Gasteiger partial charge in [-0.05, 0) is 30.5 Å². The Bertz CT molecular complexity index is 474. The highest BCUT2D eigenvalue weighted by Gasteiger charge is 2.23. The predicted octanol–water partition coefficient (Wildman–Crippen LogP) is 1.22. The molecule has 0 spiro atoms. The fourth-order valence-corrected chi connectivity index (χ4v) is 3.31. The van der Waals surface area contributed by atoms with Crippen molar-refractivity contribution < 1.29 is 13.2 Å². The molecule has 0 bridgehead atoms. The lowest BCUT2D eigenvalue weighted by Crippen LogP contribution is -2.16. The Morgan fingerprint density at radius 3 is 2.79 bits per heavy atom. The summed E-state index contributed by atoms with van der Waals surface area (Å²) in [6.45, 7) is 0. The highest BCUT2D eigenvalue weighted by Crippen LogP contribution is 2.25. The maximum absolute atomic E-state index is 11.6. The molecule has 1 heterocycles. The van der Waals surface area contributed by atoms with Gasteiger partial charge in [0.05, 0.1) is 10.6 Å². The van der Waals surface area contributed by atoms with Crippen molar-refractivity contribution in [3.63, 3.8) is 0 Å². The van der Waals surface area contributed by atoms with Gasteiger partial charge < -0.3 is 0 Å². The molecule has 0 saturated carbocycles. The van der Waals surface area contributed by atoms with E-state index in [1.807, 2.05) is 0 Å². The summed E-state index contributed by atoms with van der Waals surface area (Å²) in [4.78, 5) is 10.9. The highest BCUT2D eigenvalue weighted by atomic mass is 32.2. The molecule has 1 aliphatic rings. The molecule has 2 rings (SSSR count). The van der Waals surface area contributed by atoms with Crippen LogP contribution in [0.15, 0.2) is 23.1 Å². The maximum Gasteiger partial charge on any atom is 0.178 e. The number of hydrogen-bond donors (Lipinski definition) is 0. The average Bonchev–Trinajstić information content (AvgIpc) is 2.16. The number of rotatable bonds is 1. The SMILES string of the molecule is O=Cc1ccc2c(c1)CCCS2(=O)=O. The minimum atomic E-state index is -3.08. The Hall–Kier alpha value is -1.16. The van der Waals surface area contributed by atoms with Crippen molar-refractivity contribution in [1.29, 1.82) is 0 Å². The molecule has 0 unspecified atom stereocenters. The van der Waals surface area contributed by atoms with Gasteiger partial charge >= 0.3 is 0 Å². The van der Waals surface area contributed by atoms with Gasteiger partial charge in [-0.25, -0.2) is 8.42 Å². The fraction of sp³-hybridized carbons (Fsp3) is 0.300. The Balaban J connectivity index is 2.63. The van der Waals surface area contributed by atoms with E-state index in [-0.39, 0.29) is 5.75 Å². The van der Waals surface area contributed by atoms with E-state index in [0.717, 1.165) is 18.3 Å². The third-order valence-electron chi connectivity index (χ3n) is 2.41. The third kappa shape index (κ3) is 1.46. The van der Waals surface area contributed by atoms with E-state index < -0.39 is 9.84 Å². The lowest BCUT2D eigenvalue weighted by molar-refractivity contribution is 0.112. The molecule has 74 valence electrons. The molecular formula is C10H10O3S. The van der Waals surface area contributed by atoms with Crippen molar-refractivity contribution in [3.05, 3.63) is 29.3 Å². The summed E-state index contributed by atoms with van der Waals surface area (Å²) in [7, 11) is -3.08. The van der Waals surface area contributed by atoms with E-state index in [1.54, 1.807) is 12.1 Å². The van der Waals surface area contributed by atoms with Crippen LogP contribution in [-0.4, -0.2) is 20.5 Å². The normalized spacial score (nSPS) is 18.6. The topological polar surface area (TPSA) is 51.2 Å². The van der Waals surface area contributed by atoms with Crippen LogP contribution in [0.3, 0.4) is 0 Å². The largest absolute Gasteiger partial charge is 0.298 e. The average molecular weight is 210 g/mol. The van der Waals surface area contributed by atoms with E-state index in [0.29, 0.717) is 16.9 Å². The van der Waals surface area contributed by atoms with Gasteiger partial charge in [-0.2, -0.15) is 0 Å². The zero-order valence-corrected chi connectivity index (χ0v) is 8.38. The number of aldehydes is 1. The fourth-order valence-electron chi connectivity index (χ4n) is 1.73. The van der Waals surface area contributed by atoms with Gasteiger partial charge in [0.15, 0.2) is 9.84 Å². The molecule has 0 fully saturated rings. The number of carbonyl (C=O) groups is 1. The van der Waals surface area contributed by atoms with Crippen LogP contribution in [-0.2, 0) is 16.3 Å². The molecule has 0 N–H and O–H groups in total.